The van der Waals surface area contributed by atoms with Crippen molar-refractivity contribution < 1.29 is 48.6 Å². The molecule has 0 bridgehead atoms. The van der Waals surface area contributed by atoms with Crippen LogP contribution < -0.4 is 0 Å². The van der Waals surface area contributed by atoms with Crippen molar-refractivity contribution in [1.82, 2.24) is 0 Å². The average Bonchev–Trinajstić information content (AvgIpc) is 1.97. The Bertz CT molecular complexity index is 309. The fourth-order valence-corrected chi connectivity index (χ4v) is 4.08. The molecule has 0 aromatic heterocycles. The maximum Gasteiger partial charge on any atom is 0.231 e. The second-order valence-electron chi connectivity index (χ2n) is 4.84. The summed E-state index contributed by atoms with van der Waals surface area (Å²) < 4.78 is 23.2. The van der Waals surface area contributed by atoms with Crippen LogP contribution in [-0.4, -0.2) is 43.0 Å². The molecule has 0 spiro atoms. The summed E-state index contributed by atoms with van der Waals surface area (Å²) >= 11 is 0. The molecule has 0 aliphatic rings. The minimum absolute atomic E-state index is 0. The van der Waals surface area contributed by atoms with Crippen molar-refractivity contribution in [2.75, 3.05) is 12.3 Å². The van der Waals surface area contributed by atoms with Crippen molar-refractivity contribution >= 4 is 14.7 Å². The van der Waals surface area contributed by atoms with E-state index in [9.17, 15) is 29.1 Å². The van der Waals surface area contributed by atoms with Gasteiger partial charge in [0.2, 0.25) is 14.7 Å². The first-order valence-electron chi connectivity index (χ1n) is 4.79. The Balaban J connectivity index is 0. The maximum absolute atomic E-state index is 11.6. The molecule has 0 saturated heterocycles. The molecule has 4 N–H and O–H groups in total. The number of hydrogen-bond donors (Lipinski definition) is 4. The molecule has 0 saturated carbocycles. The van der Waals surface area contributed by atoms with Crippen molar-refractivity contribution in [3.05, 3.63) is 0 Å². The Kier molecular flexibility index (Phi) is 7.05. The van der Waals surface area contributed by atoms with Gasteiger partial charge in [0, 0.05) is 31.8 Å². The smallest absolute Gasteiger partial charge is 0.231 e. The third-order valence-electron chi connectivity index (χ3n) is 2.42. The predicted molar refractivity (Wildman–Crippen MR) is 62.0 cm³/mol. The van der Waals surface area contributed by atoms with E-state index in [0.29, 0.717) is 0 Å². The van der Waals surface area contributed by atoms with E-state index < -0.39 is 37.7 Å². The first-order valence-corrected chi connectivity index (χ1v) is 8.48. The predicted octanol–water partition coefficient (Wildman–Crippen LogP) is 0.981. The topological polar surface area (TPSA) is 115 Å². The zero-order valence-corrected chi connectivity index (χ0v) is 15.4. The molecule has 0 rings (SSSR count). The van der Waals surface area contributed by atoms with Crippen LogP contribution >= 0.6 is 14.7 Å². The van der Waals surface area contributed by atoms with Gasteiger partial charge in [-0.1, -0.05) is 0 Å². The van der Waals surface area contributed by atoms with Gasteiger partial charge in [-0.3, -0.25) is 9.13 Å². The first-order chi connectivity index (χ1) is 6.71. The first kappa shape index (κ1) is 20.2. The number of rotatable bonds is 5. The van der Waals surface area contributed by atoms with Crippen molar-refractivity contribution in [2.24, 2.45) is 0 Å². The van der Waals surface area contributed by atoms with E-state index in [0.717, 1.165) is 0 Å². The van der Waals surface area contributed by atoms with Crippen molar-refractivity contribution in [1.29, 1.82) is 0 Å². The standard InChI is InChI=1S/C8H20O6P2.Zn/c1-7(2,9)15(11,12)5-6-16(13,14)8(3,4)10;/h9-10H,5-6H2,1-4H3,(H,11,12)(H,13,14);. The molecule has 17 heavy (non-hydrogen) atoms. The second kappa shape index (κ2) is 5.92. The van der Waals surface area contributed by atoms with Gasteiger partial charge in [0.05, 0.1) is 0 Å². The Morgan fingerprint density at radius 2 is 1.00 bits per heavy atom. The van der Waals surface area contributed by atoms with Crippen LogP contribution in [0.4, 0.5) is 0 Å². The SMILES string of the molecule is CC(C)(O)P(=O)(O)CCP(=O)(O)C(C)(C)O.[Zn]. The molecule has 9 heteroatoms. The van der Waals surface area contributed by atoms with Crippen LogP contribution in [0, 0.1) is 0 Å². The molecule has 100 valence electrons. The van der Waals surface area contributed by atoms with Crippen molar-refractivity contribution in [3.63, 3.8) is 0 Å². The number of aliphatic hydroxyl groups is 2. The summed E-state index contributed by atoms with van der Waals surface area (Å²) in [6.07, 6.45) is -1.01. The maximum atomic E-state index is 11.6. The molecular weight excluding hydrogens is 319 g/mol. The second-order valence-corrected chi connectivity index (χ2v) is 10.7. The van der Waals surface area contributed by atoms with Gasteiger partial charge in [-0.05, 0) is 27.7 Å². The molecule has 0 aliphatic heterocycles. The van der Waals surface area contributed by atoms with Crippen LogP contribution in [0.5, 0.6) is 0 Å². The van der Waals surface area contributed by atoms with Crippen LogP contribution in [0.3, 0.4) is 0 Å². The molecule has 0 aromatic rings. The van der Waals surface area contributed by atoms with E-state index >= 15 is 0 Å². The van der Waals surface area contributed by atoms with E-state index in [2.05, 4.69) is 0 Å². The minimum Gasteiger partial charge on any atom is -0.380 e. The van der Waals surface area contributed by atoms with E-state index in [1.807, 2.05) is 0 Å². The van der Waals surface area contributed by atoms with Gasteiger partial charge < -0.3 is 20.0 Å². The molecule has 0 aromatic carbocycles. The third kappa shape index (κ3) is 5.61. The molecule has 0 amide bonds. The largest absolute Gasteiger partial charge is 0.380 e. The van der Waals surface area contributed by atoms with Crippen LogP contribution in [-0.2, 0) is 28.6 Å². The third-order valence-corrected chi connectivity index (χ3v) is 7.85. The molecular formula is C8H20O6P2Zn. The molecule has 2 unspecified atom stereocenters. The fourth-order valence-electron chi connectivity index (χ4n) is 0.818. The summed E-state index contributed by atoms with van der Waals surface area (Å²) in [4.78, 5) is 18.9. The molecule has 0 radical (unpaired) electrons. The Morgan fingerprint density at radius 3 is 1.12 bits per heavy atom. The summed E-state index contributed by atoms with van der Waals surface area (Å²) in [6.45, 7) is 4.67. The quantitative estimate of drug-likeness (QED) is 0.438. The van der Waals surface area contributed by atoms with Crippen LogP contribution in [0.2, 0.25) is 0 Å². The van der Waals surface area contributed by atoms with Gasteiger partial charge in [0.1, 0.15) is 10.7 Å². The Hall–Kier alpha value is 0.923. The Morgan fingerprint density at radius 1 is 0.824 bits per heavy atom. The normalized spacial score (nSPS) is 20.0. The van der Waals surface area contributed by atoms with Crippen molar-refractivity contribution in [3.8, 4) is 0 Å². The summed E-state index contributed by atoms with van der Waals surface area (Å²) in [5, 5.41) is 15.2. The van der Waals surface area contributed by atoms with Crippen LogP contribution in [0.15, 0.2) is 0 Å². The van der Waals surface area contributed by atoms with Gasteiger partial charge in [-0.2, -0.15) is 0 Å². The van der Waals surface area contributed by atoms with E-state index in [4.69, 9.17) is 0 Å². The monoisotopic (exact) mass is 338 g/mol. The molecule has 0 aliphatic carbocycles. The summed E-state index contributed by atoms with van der Waals surface area (Å²) in [5.41, 5.74) is 0. The molecule has 6 nitrogen and oxygen atoms in total. The average molecular weight is 340 g/mol. The minimum atomic E-state index is -3.93. The van der Waals surface area contributed by atoms with Crippen LogP contribution in [0.1, 0.15) is 27.7 Å². The zero-order valence-electron chi connectivity index (χ0n) is 10.6. The summed E-state index contributed by atoms with van der Waals surface area (Å²) in [6, 6.07) is 0. The van der Waals surface area contributed by atoms with E-state index in [1.54, 1.807) is 0 Å². The van der Waals surface area contributed by atoms with Gasteiger partial charge in [0.15, 0.2) is 0 Å². The van der Waals surface area contributed by atoms with E-state index in [-0.39, 0.29) is 19.5 Å². The van der Waals surface area contributed by atoms with Crippen molar-refractivity contribution in [2.45, 2.75) is 38.4 Å². The van der Waals surface area contributed by atoms with Gasteiger partial charge in [-0.15, -0.1) is 0 Å². The van der Waals surface area contributed by atoms with Gasteiger partial charge in [-0.25, -0.2) is 0 Å². The summed E-state index contributed by atoms with van der Waals surface area (Å²) in [7, 11) is -7.86. The molecule has 0 heterocycles. The molecule has 0 fully saturated rings. The van der Waals surface area contributed by atoms with Gasteiger partial charge >= 0.3 is 0 Å². The Labute approximate surface area is 114 Å². The van der Waals surface area contributed by atoms with Crippen LogP contribution in [0.25, 0.3) is 0 Å². The van der Waals surface area contributed by atoms with E-state index in [1.165, 1.54) is 27.7 Å². The fraction of sp³-hybridized carbons (Fsp3) is 1.00. The van der Waals surface area contributed by atoms with Gasteiger partial charge in [0.25, 0.3) is 0 Å². The number of hydrogen-bond acceptors (Lipinski definition) is 4. The summed E-state index contributed by atoms with van der Waals surface area (Å²) in [5.74, 6) is 0. The molecule has 2 atom stereocenters. The zero-order chi connectivity index (χ0) is 13.4.